The van der Waals surface area contributed by atoms with Crippen molar-refractivity contribution in [1.29, 1.82) is 0 Å². The van der Waals surface area contributed by atoms with Crippen molar-refractivity contribution in [2.75, 3.05) is 7.05 Å². The van der Waals surface area contributed by atoms with Crippen LogP contribution in [0.5, 0.6) is 0 Å². The first-order valence-electron chi connectivity index (χ1n) is 7.48. The second-order valence-electron chi connectivity index (χ2n) is 5.83. The van der Waals surface area contributed by atoms with Crippen LogP contribution in [-0.2, 0) is 14.3 Å². The lowest BCUT2D eigenvalue weighted by molar-refractivity contribution is -0.171. The number of likely N-dealkylation sites (N-methyl/N-ethyl adjacent to an activating group) is 1. The molecule has 0 radical (unpaired) electrons. The summed E-state index contributed by atoms with van der Waals surface area (Å²) in [6, 6.07) is 4.49. The maximum Gasteiger partial charge on any atom is 0.323 e. The van der Waals surface area contributed by atoms with Gasteiger partial charge >= 0.3 is 5.97 Å². The Hall–Kier alpha value is -0.850. The highest BCUT2D eigenvalue weighted by molar-refractivity contribution is 6.34. The quantitative estimate of drug-likeness (QED) is 0.811. The van der Waals surface area contributed by atoms with Gasteiger partial charge in [0.25, 0.3) is 0 Å². The summed E-state index contributed by atoms with van der Waals surface area (Å²) < 4.78 is 11.7. The van der Waals surface area contributed by atoms with Gasteiger partial charge in [0.15, 0.2) is 6.29 Å². The summed E-state index contributed by atoms with van der Waals surface area (Å²) in [6.45, 7) is 3.85. The Morgan fingerprint density at radius 2 is 2.00 bits per heavy atom. The largest absolute Gasteiger partial charge is 0.480 e. The van der Waals surface area contributed by atoms with Crippen molar-refractivity contribution in [2.45, 2.75) is 44.8 Å². The van der Waals surface area contributed by atoms with Crippen molar-refractivity contribution in [3.8, 4) is 0 Å². The van der Waals surface area contributed by atoms with Gasteiger partial charge in [-0.05, 0) is 43.7 Å². The van der Waals surface area contributed by atoms with Crippen molar-refractivity contribution < 1.29 is 19.4 Å². The molecule has 1 aromatic carbocycles. The van der Waals surface area contributed by atoms with Crippen LogP contribution in [-0.4, -0.2) is 36.6 Å². The molecule has 0 saturated carbocycles. The van der Waals surface area contributed by atoms with Gasteiger partial charge in [-0.25, -0.2) is 0 Å². The lowest BCUT2D eigenvalue weighted by atomic mass is 9.97. The summed E-state index contributed by atoms with van der Waals surface area (Å²) in [5, 5.41) is 13.1. The number of hydrogen-bond donors (Lipinski definition) is 2. The summed E-state index contributed by atoms with van der Waals surface area (Å²) in [5.41, 5.74) is 0.852. The average molecular weight is 362 g/mol. The molecule has 5 atom stereocenters. The third-order valence-corrected chi connectivity index (χ3v) is 4.49. The number of carbonyl (C=O) groups is 1. The molecule has 1 saturated heterocycles. The zero-order chi connectivity index (χ0) is 17.1. The van der Waals surface area contributed by atoms with Crippen molar-refractivity contribution in [2.24, 2.45) is 5.92 Å². The molecule has 1 fully saturated rings. The Balaban J connectivity index is 2.02. The molecule has 0 amide bonds. The van der Waals surface area contributed by atoms with Gasteiger partial charge in [-0.15, -0.1) is 0 Å². The fourth-order valence-corrected chi connectivity index (χ4v) is 3.38. The number of halogens is 2. The van der Waals surface area contributed by atoms with Crippen LogP contribution in [0.4, 0.5) is 0 Å². The average Bonchev–Trinajstić information content (AvgIpc) is 2.79. The van der Waals surface area contributed by atoms with Gasteiger partial charge in [-0.1, -0.05) is 30.1 Å². The molecule has 1 aliphatic rings. The van der Waals surface area contributed by atoms with Crippen LogP contribution in [0.2, 0.25) is 10.0 Å². The number of ether oxygens (including phenoxy) is 2. The molecular formula is C16H21Cl2NO4. The monoisotopic (exact) mass is 361 g/mol. The van der Waals surface area contributed by atoms with E-state index >= 15 is 0 Å². The number of hydrogen-bond acceptors (Lipinski definition) is 4. The normalized spacial score (nSPS) is 26.9. The Labute approximate surface area is 145 Å². The maximum atomic E-state index is 11.3. The third-order valence-electron chi connectivity index (χ3n) is 4.05. The fourth-order valence-electron chi connectivity index (χ4n) is 2.84. The van der Waals surface area contributed by atoms with E-state index in [1.165, 1.54) is 0 Å². The number of carboxylic acid groups (broad SMARTS) is 1. The summed E-state index contributed by atoms with van der Waals surface area (Å²) >= 11 is 12.0. The summed E-state index contributed by atoms with van der Waals surface area (Å²) in [5.74, 6) is -0.858. The number of aliphatic carboxylic acids is 1. The van der Waals surface area contributed by atoms with E-state index in [0.29, 0.717) is 16.5 Å². The SMILES string of the molecule is CNC(C(=O)O)[C@@H]1OC(O[C@@H](C)c2cc(Cl)cc(Cl)c2)C[C@H]1C. The molecule has 0 aliphatic carbocycles. The minimum Gasteiger partial charge on any atom is -0.480 e. The van der Waals surface area contributed by atoms with Gasteiger partial charge in [0, 0.05) is 16.5 Å². The molecule has 1 aliphatic heterocycles. The highest BCUT2D eigenvalue weighted by Gasteiger charge is 2.41. The Kier molecular flexibility index (Phi) is 6.28. The standard InChI is InChI=1S/C16H21Cl2NO4/c1-8-4-13(23-15(8)14(19-3)16(20)21)22-9(2)10-5-11(17)7-12(18)6-10/h5-9,13-15,19H,4H2,1-3H3,(H,20,21)/t8-,9+,13?,14?,15-/m1/s1. The van der Waals surface area contributed by atoms with E-state index in [-0.39, 0.29) is 12.0 Å². The van der Waals surface area contributed by atoms with Gasteiger partial charge in [0.1, 0.15) is 6.04 Å². The van der Waals surface area contributed by atoms with Gasteiger partial charge in [0.05, 0.1) is 12.2 Å². The van der Waals surface area contributed by atoms with Crippen LogP contribution in [0, 0.1) is 5.92 Å². The molecule has 128 valence electrons. The molecule has 23 heavy (non-hydrogen) atoms. The van der Waals surface area contributed by atoms with Crippen LogP contribution in [0.25, 0.3) is 0 Å². The van der Waals surface area contributed by atoms with Gasteiger partial charge in [-0.3, -0.25) is 4.79 Å². The Bertz CT molecular complexity index is 549. The summed E-state index contributed by atoms with van der Waals surface area (Å²) in [7, 11) is 1.61. The lowest BCUT2D eigenvalue weighted by Crippen LogP contribution is -2.46. The van der Waals surface area contributed by atoms with Crippen LogP contribution in [0.15, 0.2) is 18.2 Å². The molecule has 2 rings (SSSR count). The van der Waals surface area contributed by atoms with E-state index in [9.17, 15) is 9.90 Å². The molecule has 5 nitrogen and oxygen atoms in total. The highest BCUT2D eigenvalue weighted by atomic mass is 35.5. The zero-order valence-electron chi connectivity index (χ0n) is 13.3. The van der Waals surface area contributed by atoms with Crippen LogP contribution < -0.4 is 5.32 Å². The predicted molar refractivity (Wildman–Crippen MR) is 88.9 cm³/mol. The molecule has 1 aromatic rings. The molecule has 2 unspecified atom stereocenters. The molecule has 2 N–H and O–H groups in total. The second kappa shape index (κ2) is 7.81. The number of benzene rings is 1. The number of carboxylic acids is 1. The zero-order valence-corrected chi connectivity index (χ0v) is 14.8. The van der Waals surface area contributed by atoms with E-state index in [1.807, 2.05) is 13.8 Å². The molecule has 0 spiro atoms. The van der Waals surface area contributed by atoms with E-state index in [2.05, 4.69) is 5.32 Å². The lowest BCUT2D eigenvalue weighted by Gasteiger charge is -2.23. The molecular weight excluding hydrogens is 341 g/mol. The Morgan fingerprint density at radius 3 is 2.52 bits per heavy atom. The summed E-state index contributed by atoms with van der Waals surface area (Å²) in [6.07, 6.45) is -0.523. The fraction of sp³-hybridized carbons (Fsp3) is 0.562. The maximum absolute atomic E-state index is 11.3. The van der Waals surface area contributed by atoms with Gasteiger partial charge < -0.3 is 19.9 Å². The second-order valence-corrected chi connectivity index (χ2v) is 6.70. The first-order chi connectivity index (χ1) is 10.8. The molecule has 0 bridgehead atoms. The minimum absolute atomic E-state index is 0.0729. The van der Waals surface area contributed by atoms with Crippen molar-refractivity contribution in [3.05, 3.63) is 33.8 Å². The topological polar surface area (TPSA) is 67.8 Å². The molecule has 0 aromatic heterocycles. The summed E-state index contributed by atoms with van der Waals surface area (Å²) in [4.78, 5) is 11.3. The van der Waals surface area contributed by atoms with E-state index in [1.54, 1.807) is 25.2 Å². The van der Waals surface area contributed by atoms with E-state index in [4.69, 9.17) is 32.7 Å². The van der Waals surface area contributed by atoms with Crippen LogP contribution in [0.3, 0.4) is 0 Å². The van der Waals surface area contributed by atoms with Gasteiger partial charge in [0.2, 0.25) is 0 Å². The molecule has 7 heteroatoms. The van der Waals surface area contributed by atoms with Crippen molar-refractivity contribution in [3.63, 3.8) is 0 Å². The smallest absolute Gasteiger partial charge is 0.323 e. The van der Waals surface area contributed by atoms with Gasteiger partial charge in [-0.2, -0.15) is 0 Å². The van der Waals surface area contributed by atoms with Crippen LogP contribution >= 0.6 is 23.2 Å². The molecule has 1 heterocycles. The predicted octanol–water partition coefficient (Wildman–Crippen LogP) is 3.49. The van der Waals surface area contributed by atoms with Crippen molar-refractivity contribution in [1.82, 2.24) is 5.32 Å². The Morgan fingerprint density at radius 1 is 1.39 bits per heavy atom. The van der Waals surface area contributed by atoms with Crippen molar-refractivity contribution >= 4 is 29.2 Å². The van der Waals surface area contributed by atoms with E-state index in [0.717, 1.165) is 5.56 Å². The number of rotatable bonds is 6. The minimum atomic E-state index is -0.931. The number of nitrogens with one attached hydrogen (secondary N) is 1. The van der Waals surface area contributed by atoms with Crippen LogP contribution in [0.1, 0.15) is 31.9 Å². The third kappa shape index (κ3) is 4.58. The first-order valence-corrected chi connectivity index (χ1v) is 8.24. The van der Waals surface area contributed by atoms with E-state index < -0.39 is 24.4 Å². The first kappa shape index (κ1) is 18.5. The highest BCUT2D eigenvalue weighted by Crippen LogP contribution is 2.33.